The summed E-state index contributed by atoms with van der Waals surface area (Å²) in [5.74, 6) is -0.586. The maximum Gasteiger partial charge on any atom is 0.438 e. The lowest BCUT2D eigenvalue weighted by atomic mass is 10.5. The van der Waals surface area contributed by atoms with Gasteiger partial charge in [0.15, 0.2) is 0 Å². The molecule has 58 valence electrons. The summed E-state index contributed by atoms with van der Waals surface area (Å²) in [6.07, 6.45) is -1.43. The largest absolute Gasteiger partial charge is 0.463 e. The minimum atomic E-state index is -1.41. The molecule has 0 bridgehead atoms. The molecule has 5 nitrogen and oxygen atoms in total. The molecular formula is C4H6ClNO4. The Balaban J connectivity index is 3.30. The number of halogens is 1. The Kier molecular flexibility index (Phi) is 4.39. The van der Waals surface area contributed by atoms with Gasteiger partial charge in [-0.25, -0.2) is 9.59 Å². The molecule has 0 aromatic heterocycles. The van der Waals surface area contributed by atoms with E-state index >= 15 is 0 Å². The van der Waals surface area contributed by atoms with Gasteiger partial charge < -0.3 is 9.94 Å². The molecule has 0 spiro atoms. The minimum Gasteiger partial charge on any atom is -0.463 e. The van der Waals surface area contributed by atoms with Crippen LogP contribution in [-0.4, -0.2) is 23.0 Å². The van der Waals surface area contributed by atoms with E-state index in [1.807, 2.05) is 0 Å². The summed E-state index contributed by atoms with van der Waals surface area (Å²) >= 11 is 5.14. The zero-order valence-corrected chi connectivity index (χ0v) is 5.72. The molecule has 0 atom stereocenters. The summed E-state index contributed by atoms with van der Waals surface area (Å²) in [5.41, 5.74) is 1.44. The number of amides is 1. The Hall–Kier alpha value is -0.970. The van der Waals surface area contributed by atoms with Crippen LogP contribution in [0.1, 0.15) is 6.42 Å². The third-order valence-electron chi connectivity index (χ3n) is 0.551. The van der Waals surface area contributed by atoms with Crippen LogP contribution in [0.4, 0.5) is 4.79 Å². The van der Waals surface area contributed by atoms with Gasteiger partial charge >= 0.3 is 12.1 Å². The second-order valence-corrected chi connectivity index (χ2v) is 1.70. The molecule has 0 radical (unpaired) electrons. The van der Waals surface area contributed by atoms with Gasteiger partial charge in [-0.3, -0.25) is 0 Å². The highest BCUT2D eigenvalue weighted by molar-refractivity contribution is 6.18. The fraction of sp³-hybridized carbons (Fsp3) is 0.500. The van der Waals surface area contributed by atoms with Crippen molar-refractivity contribution >= 4 is 23.7 Å². The van der Waals surface area contributed by atoms with Gasteiger partial charge in [0.1, 0.15) is 0 Å². The zero-order valence-electron chi connectivity index (χ0n) is 4.96. The van der Waals surface area contributed by atoms with Crippen molar-refractivity contribution in [3.8, 4) is 0 Å². The smallest absolute Gasteiger partial charge is 0.438 e. The quantitative estimate of drug-likeness (QED) is 0.459. The second kappa shape index (κ2) is 4.87. The maximum atomic E-state index is 10.3. The summed E-state index contributed by atoms with van der Waals surface area (Å²) in [5, 5.41) is 7.91. The van der Waals surface area contributed by atoms with Gasteiger partial charge in [0.2, 0.25) is 0 Å². The van der Waals surface area contributed by atoms with Gasteiger partial charge in [0, 0.05) is 5.88 Å². The molecule has 0 fully saturated rings. The molecule has 0 saturated carbocycles. The monoisotopic (exact) mass is 167 g/mol. The first-order valence-electron chi connectivity index (χ1n) is 2.41. The summed E-state index contributed by atoms with van der Waals surface area (Å²) in [7, 11) is 0. The van der Waals surface area contributed by atoms with Crippen molar-refractivity contribution < 1.29 is 19.5 Å². The highest BCUT2D eigenvalue weighted by atomic mass is 35.5. The molecule has 0 heterocycles. The Bertz CT molecular complexity index is 137. The summed E-state index contributed by atoms with van der Waals surface area (Å²) in [6.45, 7) is 0. The number of alkyl halides is 1. The SMILES string of the molecule is O=C(O)NOC(=O)CCCl. The lowest BCUT2D eigenvalue weighted by Gasteiger charge is -1.98. The molecule has 0 aromatic rings. The van der Waals surface area contributed by atoms with Crippen LogP contribution >= 0.6 is 11.6 Å². The van der Waals surface area contributed by atoms with E-state index in [0.717, 1.165) is 0 Å². The van der Waals surface area contributed by atoms with E-state index in [1.165, 1.54) is 5.48 Å². The van der Waals surface area contributed by atoms with E-state index in [0.29, 0.717) is 0 Å². The normalized spacial score (nSPS) is 8.50. The number of hydroxylamine groups is 1. The van der Waals surface area contributed by atoms with E-state index in [9.17, 15) is 9.59 Å². The molecule has 0 aliphatic carbocycles. The van der Waals surface area contributed by atoms with E-state index in [2.05, 4.69) is 4.84 Å². The number of rotatable bonds is 2. The first-order valence-corrected chi connectivity index (χ1v) is 2.95. The first-order chi connectivity index (χ1) is 4.66. The van der Waals surface area contributed by atoms with Crippen LogP contribution in [0.15, 0.2) is 0 Å². The molecule has 6 heteroatoms. The van der Waals surface area contributed by atoms with Crippen LogP contribution in [0, 0.1) is 0 Å². The minimum absolute atomic E-state index is 0.0121. The van der Waals surface area contributed by atoms with Gasteiger partial charge in [-0.05, 0) is 0 Å². The molecule has 0 rings (SSSR count). The third-order valence-corrected chi connectivity index (χ3v) is 0.740. The molecular weight excluding hydrogens is 162 g/mol. The number of carbonyl (C=O) groups is 2. The van der Waals surface area contributed by atoms with E-state index in [1.54, 1.807) is 0 Å². The molecule has 0 aliphatic rings. The predicted molar refractivity (Wildman–Crippen MR) is 32.6 cm³/mol. The Morgan fingerprint density at radius 1 is 1.60 bits per heavy atom. The highest BCUT2D eigenvalue weighted by Crippen LogP contribution is 1.86. The van der Waals surface area contributed by atoms with Gasteiger partial charge in [0.05, 0.1) is 6.42 Å². The summed E-state index contributed by atoms with van der Waals surface area (Å²) < 4.78 is 0. The van der Waals surface area contributed by atoms with Crippen molar-refractivity contribution in [1.29, 1.82) is 0 Å². The van der Waals surface area contributed by atoms with E-state index in [-0.39, 0.29) is 12.3 Å². The fourth-order valence-electron chi connectivity index (χ4n) is 0.229. The molecule has 1 amide bonds. The maximum absolute atomic E-state index is 10.3. The molecule has 0 unspecified atom stereocenters. The van der Waals surface area contributed by atoms with E-state index in [4.69, 9.17) is 16.7 Å². The van der Waals surface area contributed by atoms with Crippen molar-refractivity contribution in [1.82, 2.24) is 5.48 Å². The van der Waals surface area contributed by atoms with Crippen LogP contribution in [0.25, 0.3) is 0 Å². The molecule has 2 N–H and O–H groups in total. The fourth-order valence-corrected chi connectivity index (χ4v) is 0.383. The van der Waals surface area contributed by atoms with Crippen molar-refractivity contribution in [3.63, 3.8) is 0 Å². The predicted octanol–water partition coefficient (Wildman–Crippen LogP) is 0.341. The molecule has 0 aliphatic heterocycles. The van der Waals surface area contributed by atoms with Crippen molar-refractivity contribution in [2.24, 2.45) is 0 Å². The van der Waals surface area contributed by atoms with Crippen molar-refractivity contribution in [2.45, 2.75) is 6.42 Å². The number of nitrogens with one attached hydrogen (secondary N) is 1. The second-order valence-electron chi connectivity index (χ2n) is 1.32. The molecule has 10 heavy (non-hydrogen) atoms. The van der Waals surface area contributed by atoms with Crippen molar-refractivity contribution in [2.75, 3.05) is 5.88 Å². The van der Waals surface area contributed by atoms with Gasteiger partial charge in [-0.1, -0.05) is 0 Å². The number of carbonyl (C=O) groups excluding carboxylic acids is 1. The van der Waals surface area contributed by atoms with Gasteiger partial charge in [0.25, 0.3) is 0 Å². The Morgan fingerprint density at radius 3 is 2.60 bits per heavy atom. The zero-order chi connectivity index (χ0) is 7.98. The van der Waals surface area contributed by atoms with Crippen LogP contribution < -0.4 is 5.48 Å². The van der Waals surface area contributed by atoms with Crippen LogP contribution in [0.5, 0.6) is 0 Å². The first kappa shape index (κ1) is 9.03. The Morgan fingerprint density at radius 2 is 2.20 bits per heavy atom. The summed E-state index contributed by atoms with van der Waals surface area (Å²) in [4.78, 5) is 24.0. The number of hydrogen-bond donors (Lipinski definition) is 2. The summed E-state index contributed by atoms with van der Waals surface area (Å²) in [6, 6.07) is 0. The lowest BCUT2D eigenvalue weighted by molar-refractivity contribution is -0.148. The van der Waals surface area contributed by atoms with Crippen LogP contribution in [0.2, 0.25) is 0 Å². The third kappa shape index (κ3) is 5.17. The van der Waals surface area contributed by atoms with E-state index < -0.39 is 12.1 Å². The highest BCUT2D eigenvalue weighted by Gasteiger charge is 2.02. The Labute approximate surface area is 61.9 Å². The standard InChI is InChI=1S/C4H6ClNO4/c5-2-1-3(7)10-6-4(8)9/h6H,1-2H2,(H,8,9). The average Bonchev–Trinajstić information content (AvgIpc) is 1.85. The van der Waals surface area contributed by atoms with Gasteiger partial charge in [-0.2, -0.15) is 0 Å². The van der Waals surface area contributed by atoms with Gasteiger partial charge in [-0.15, -0.1) is 17.1 Å². The van der Waals surface area contributed by atoms with Crippen molar-refractivity contribution in [3.05, 3.63) is 0 Å². The van der Waals surface area contributed by atoms with Crippen LogP contribution in [0.3, 0.4) is 0 Å². The lowest BCUT2D eigenvalue weighted by Crippen LogP contribution is -2.25. The number of carboxylic acid groups (broad SMARTS) is 1. The van der Waals surface area contributed by atoms with Crippen LogP contribution in [-0.2, 0) is 9.63 Å². The molecule has 0 aromatic carbocycles. The number of hydrogen-bond acceptors (Lipinski definition) is 3. The average molecular weight is 168 g/mol. The topological polar surface area (TPSA) is 75.6 Å². The molecule has 0 saturated heterocycles.